The second-order valence-electron chi connectivity index (χ2n) is 17.1. The third kappa shape index (κ3) is 5.63. The van der Waals surface area contributed by atoms with Crippen LogP contribution in [0, 0.1) is 0 Å². The van der Waals surface area contributed by atoms with E-state index in [2.05, 4.69) is 205 Å². The van der Waals surface area contributed by atoms with E-state index in [0.717, 1.165) is 71.9 Å². The van der Waals surface area contributed by atoms with Crippen molar-refractivity contribution >= 4 is 86.8 Å². The van der Waals surface area contributed by atoms with Crippen LogP contribution < -0.4 is 0 Å². The Bertz CT molecular complexity index is 4280. The lowest BCUT2D eigenvalue weighted by molar-refractivity contribution is 0.666. The Morgan fingerprint density at radius 2 is 0.894 bits per heavy atom. The number of para-hydroxylation sites is 1. The summed E-state index contributed by atoms with van der Waals surface area (Å²) in [5.41, 5.74) is 9.71. The first-order valence-corrected chi connectivity index (χ1v) is 22.3. The summed E-state index contributed by atoms with van der Waals surface area (Å²) in [7, 11) is 0. The molecule has 0 N–H and O–H groups in total. The van der Waals surface area contributed by atoms with Gasteiger partial charge in [0.05, 0.1) is 16.7 Å². The lowest BCUT2D eigenvalue weighted by Gasteiger charge is -2.13. The van der Waals surface area contributed by atoms with Crippen molar-refractivity contribution in [3.63, 3.8) is 0 Å². The molecule has 0 saturated carbocycles. The minimum atomic E-state index is 0.572. The van der Waals surface area contributed by atoms with Gasteiger partial charge in [-0.05, 0) is 96.7 Å². The zero-order valence-corrected chi connectivity index (χ0v) is 35.5. The van der Waals surface area contributed by atoms with Gasteiger partial charge in [-0.1, -0.05) is 176 Å². The molecule has 11 aromatic carbocycles. The molecule has 0 aliphatic carbocycles. The summed E-state index contributed by atoms with van der Waals surface area (Å²) >= 11 is 0. The van der Waals surface area contributed by atoms with Gasteiger partial charge in [0.15, 0.2) is 23.1 Å². The number of benzene rings is 11. The Morgan fingerprint density at radius 3 is 1.71 bits per heavy atom. The van der Waals surface area contributed by atoms with Crippen molar-refractivity contribution in [1.29, 1.82) is 0 Å². The summed E-state index contributed by atoms with van der Waals surface area (Å²) < 4.78 is 9.40. The van der Waals surface area contributed by atoms with Crippen LogP contribution in [-0.2, 0) is 0 Å². The minimum Gasteiger partial charge on any atom is -0.454 e. The first-order valence-electron chi connectivity index (χ1n) is 22.3. The van der Waals surface area contributed by atoms with E-state index < -0.39 is 0 Å². The Labute approximate surface area is 378 Å². The standard InChI is InChI=1S/C61H36N4O/c1-2-12-37(13-3-1)38-22-25-41(26-23-38)59-62-60(45-28-30-47-44(34-45)27-24-39-14-6-8-18-46(39)47)64-61(63-59)50-31-33-53(58-57(50)49-20-10-11-21-55(49)66-58)65-52-32-29-40-15-7-9-19-48(40)56(52)51-35-42-16-4-5-17-43(42)36-54(51)65/h1-36H. The van der Waals surface area contributed by atoms with Gasteiger partial charge in [-0.15, -0.1) is 0 Å². The number of hydrogen-bond acceptors (Lipinski definition) is 4. The molecule has 0 unspecified atom stereocenters. The normalized spacial score (nSPS) is 11.9. The summed E-state index contributed by atoms with van der Waals surface area (Å²) in [6.45, 7) is 0. The summed E-state index contributed by atoms with van der Waals surface area (Å²) in [6, 6.07) is 77.4. The van der Waals surface area contributed by atoms with Crippen LogP contribution in [0.2, 0.25) is 0 Å². The van der Waals surface area contributed by atoms with Crippen LogP contribution in [0.4, 0.5) is 0 Å². The molecule has 0 fully saturated rings. The molecule has 306 valence electrons. The Hall–Kier alpha value is -8.93. The number of rotatable bonds is 5. The van der Waals surface area contributed by atoms with E-state index in [4.69, 9.17) is 19.4 Å². The molecule has 3 heterocycles. The fourth-order valence-electron chi connectivity index (χ4n) is 10.3. The third-order valence-corrected chi connectivity index (χ3v) is 13.4. The molecule has 14 rings (SSSR count). The first-order chi connectivity index (χ1) is 32.7. The van der Waals surface area contributed by atoms with E-state index >= 15 is 0 Å². The van der Waals surface area contributed by atoms with E-state index in [0.29, 0.717) is 17.5 Å². The molecule has 0 radical (unpaired) electrons. The highest BCUT2D eigenvalue weighted by molar-refractivity contribution is 6.24. The number of furan rings is 1. The first kappa shape index (κ1) is 36.5. The van der Waals surface area contributed by atoms with Gasteiger partial charge in [0.25, 0.3) is 0 Å². The molecule has 14 aromatic rings. The van der Waals surface area contributed by atoms with Gasteiger partial charge >= 0.3 is 0 Å². The van der Waals surface area contributed by atoms with Crippen LogP contribution in [0.1, 0.15) is 0 Å². The van der Waals surface area contributed by atoms with Crippen LogP contribution in [-0.4, -0.2) is 19.5 Å². The van der Waals surface area contributed by atoms with Crippen LogP contribution in [0.25, 0.3) is 138 Å². The maximum absolute atomic E-state index is 7.02. The minimum absolute atomic E-state index is 0.572. The van der Waals surface area contributed by atoms with Crippen LogP contribution in [0.15, 0.2) is 223 Å². The molecule has 0 bridgehead atoms. The highest BCUT2D eigenvalue weighted by Crippen LogP contribution is 2.44. The average molecular weight is 841 g/mol. The lowest BCUT2D eigenvalue weighted by Crippen LogP contribution is -2.01. The third-order valence-electron chi connectivity index (χ3n) is 13.4. The van der Waals surface area contributed by atoms with Gasteiger partial charge in [-0.3, -0.25) is 0 Å². The number of fused-ring (bicyclic) bond motifs is 12. The van der Waals surface area contributed by atoms with Crippen molar-refractivity contribution in [3.8, 4) is 51.0 Å². The van der Waals surface area contributed by atoms with Gasteiger partial charge in [0.2, 0.25) is 0 Å². The van der Waals surface area contributed by atoms with E-state index in [1.807, 2.05) is 18.2 Å². The second kappa shape index (κ2) is 14.3. The number of aromatic nitrogens is 4. The van der Waals surface area contributed by atoms with Gasteiger partial charge in [-0.25, -0.2) is 15.0 Å². The second-order valence-corrected chi connectivity index (χ2v) is 17.1. The largest absolute Gasteiger partial charge is 0.454 e. The predicted octanol–water partition coefficient (Wildman–Crippen LogP) is 16.1. The molecule has 0 atom stereocenters. The van der Waals surface area contributed by atoms with Crippen molar-refractivity contribution in [2.45, 2.75) is 0 Å². The van der Waals surface area contributed by atoms with Crippen LogP contribution in [0.5, 0.6) is 0 Å². The lowest BCUT2D eigenvalue weighted by atomic mass is 10.00. The van der Waals surface area contributed by atoms with E-state index in [9.17, 15) is 0 Å². The molecule has 0 amide bonds. The monoisotopic (exact) mass is 840 g/mol. The van der Waals surface area contributed by atoms with Gasteiger partial charge < -0.3 is 8.98 Å². The van der Waals surface area contributed by atoms with Crippen LogP contribution in [0.3, 0.4) is 0 Å². The fraction of sp³-hybridized carbons (Fsp3) is 0. The van der Waals surface area contributed by atoms with Gasteiger partial charge in [0, 0.05) is 38.2 Å². The summed E-state index contributed by atoms with van der Waals surface area (Å²) in [5, 5.41) is 13.9. The molecule has 0 spiro atoms. The van der Waals surface area contributed by atoms with Crippen molar-refractivity contribution in [2.24, 2.45) is 0 Å². The van der Waals surface area contributed by atoms with Crippen molar-refractivity contribution < 1.29 is 4.42 Å². The van der Waals surface area contributed by atoms with Crippen molar-refractivity contribution in [2.75, 3.05) is 0 Å². The number of nitrogens with zero attached hydrogens (tertiary/aromatic N) is 4. The average Bonchev–Trinajstić information content (AvgIpc) is 3.94. The summed E-state index contributed by atoms with van der Waals surface area (Å²) in [5.74, 6) is 1.77. The Morgan fingerprint density at radius 1 is 0.318 bits per heavy atom. The Balaban J connectivity index is 1.03. The maximum Gasteiger partial charge on any atom is 0.164 e. The zero-order chi connectivity index (χ0) is 43.3. The van der Waals surface area contributed by atoms with Crippen LogP contribution >= 0.6 is 0 Å². The van der Waals surface area contributed by atoms with E-state index in [-0.39, 0.29) is 0 Å². The van der Waals surface area contributed by atoms with E-state index in [1.54, 1.807) is 0 Å². The SMILES string of the molecule is c1ccc(-c2ccc(-c3nc(-c4ccc5c(ccc6ccccc65)c4)nc(-c4ccc(-n5c6cc7ccccc7cc6c6c7ccccc7ccc65)c5oc6ccccc6c45)n3)cc2)cc1. The van der Waals surface area contributed by atoms with Crippen molar-refractivity contribution in [3.05, 3.63) is 218 Å². The molecule has 0 saturated heterocycles. The number of hydrogen-bond donors (Lipinski definition) is 0. The Kier molecular flexibility index (Phi) is 7.91. The zero-order valence-electron chi connectivity index (χ0n) is 35.5. The van der Waals surface area contributed by atoms with Gasteiger partial charge in [-0.2, -0.15) is 0 Å². The van der Waals surface area contributed by atoms with Gasteiger partial charge in [0.1, 0.15) is 5.58 Å². The molecule has 5 nitrogen and oxygen atoms in total. The quantitative estimate of drug-likeness (QED) is 0.162. The molecule has 0 aliphatic rings. The highest BCUT2D eigenvalue weighted by Gasteiger charge is 2.24. The summed E-state index contributed by atoms with van der Waals surface area (Å²) in [6.07, 6.45) is 0. The van der Waals surface area contributed by atoms with Crippen molar-refractivity contribution in [1.82, 2.24) is 19.5 Å². The molecule has 5 heteroatoms. The maximum atomic E-state index is 7.02. The molecule has 66 heavy (non-hydrogen) atoms. The molecular formula is C61H36N4O. The fourth-order valence-corrected chi connectivity index (χ4v) is 10.3. The molecular weight excluding hydrogens is 805 g/mol. The van der Waals surface area contributed by atoms with E-state index in [1.165, 1.54) is 48.5 Å². The summed E-state index contributed by atoms with van der Waals surface area (Å²) in [4.78, 5) is 15.9. The molecule has 3 aromatic heterocycles. The highest BCUT2D eigenvalue weighted by atomic mass is 16.3. The topological polar surface area (TPSA) is 56.7 Å². The smallest absolute Gasteiger partial charge is 0.164 e. The predicted molar refractivity (Wildman–Crippen MR) is 273 cm³/mol. The molecule has 0 aliphatic heterocycles.